The predicted molar refractivity (Wildman–Crippen MR) is 83.1 cm³/mol. The van der Waals surface area contributed by atoms with E-state index in [0.717, 1.165) is 0 Å². The third kappa shape index (κ3) is 2.63. The van der Waals surface area contributed by atoms with Crippen LogP contribution >= 0.6 is 0 Å². The molecule has 2 aromatic rings. The summed E-state index contributed by atoms with van der Waals surface area (Å²) < 4.78 is 18.4. The molecule has 1 unspecified atom stereocenters. The fourth-order valence-corrected chi connectivity index (χ4v) is 2.97. The first-order chi connectivity index (χ1) is 11.5. The lowest BCUT2D eigenvalue weighted by atomic mass is 10.1. The van der Waals surface area contributed by atoms with E-state index in [-0.39, 0.29) is 23.2 Å². The number of nitrogen functional groups attached to an aromatic ring is 1. The number of H-pyrrole nitrogens is 1. The van der Waals surface area contributed by atoms with Crippen LogP contribution in [0.1, 0.15) is 26.5 Å². The maximum atomic E-state index is 11.9. The van der Waals surface area contributed by atoms with Gasteiger partial charge in [0, 0.05) is 14.0 Å². The highest BCUT2D eigenvalue weighted by Crippen LogP contribution is 2.35. The molecule has 0 spiro atoms. The Kier molecular flexibility index (Phi) is 4.24. The first-order valence-electron chi connectivity index (χ1n) is 7.54. The average molecular weight is 337 g/mol. The van der Waals surface area contributed by atoms with Crippen molar-refractivity contribution in [2.75, 3.05) is 12.8 Å². The van der Waals surface area contributed by atoms with E-state index in [2.05, 4.69) is 15.0 Å². The molecule has 0 saturated carbocycles. The SMILES string of the molecule is CC[C@H]1O[C@@H](n2cnc3c(=O)[nH]c(N)nc32)[C@@H](OC)C1OC(C)=O. The fourth-order valence-electron chi connectivity index (χ4n) is 2.97. The highest BCUT2D eigenvalue weighted by atomic mass is 16.6. The molecule has 0 aliphatic carbocycles. The Bertz CT molecular complexity index is 815. The fraction of sp³-hybridized carbons (Fsp3) is 0.571. The number of fused-ring (bicyclic) bond motifs is 1. The number of hydrogen-bond acceptors (Lipinski definition) is 8. The highest BCUT2D eigenvalue weighted by molar-refractivity contribution is 5.70. The number of anilines is 1. The number of aromatic nitrogens is 4. The summed E-state index contributed by atoms with van der Waals surface area (Å²) in [7, 11) is 1.50. The summed E-state index contributed by atoms with van der Waals surface area (Å²) >= 11 is 0. The summed E-state index contributed by atoms with van der Waals surface area (Å²) in [6.45, 7) is 3.25. The van der Waals surface area contributed by atoms with Gasteiger partial charge < -0.3 is 19.9 Å². The summed E-state index contributed by atoms with van der Waals surface area (Å²) in [5.41, 5.74) is 5.60. The van der Waals surface area contributed by atoms with E-state index in [9.17, 15) is 9.59 Å². The minimum absolute atomic E-state index is 0.0233. The van der Waals surface area contributed by atoms with Gasteiger partial charge in [0.05, 0.1) is 12.4 Å². The third-order valence-corrected chi connectivity index (χ3v) is 3.99. The maximum absolute atomic E-state index is 11.9. The van der Waals surface area contributed by atoms with Crippen LogP contribution in [0, 0.1) is 0 Å². The molecule has 1 aliphatic rings. The Labute approximate surface area is 136 Å². The molecule has 130 valence electrons. The van der Waals surface area contributed by atoms with Crippen molar-refractivity contribution in [3.8, 4) is 0 Å². The molecule has 1 aliphatic heterocycles. The molecular weight excluding hydrogens is 318 g/mol. The summed E-state index contributed by atoms with van der Waals surface area (Å²) in [5, 5.41) is 0. The summed E-state index contributed by atoms with van der Waals surface area (Å²) in [6, 6.07) is 0. The van der Waals surface area contributed by atoms with Crippen molar-refractivity contribution in [3.05, 3.63) is 16.7 Å². The largest absolute Gasteiger partial charge is 0.457 e. The van der Waals surface area contributed by atoms with E-state index in [0.29, 0.717) is 6.42 Å². The number of carbonyl (C=O) groups excluding carboxylic acids is 1. The standard InChI is InChI=1S/C14H19N5O5/c1-4-7-9(23-6(2)20)10(22-3)13(24-7)19-5-16-8-11(19)17-14(15)18-12(8)21/h5,7,9-10,13H,4H2,1-3H3,(H3,15,17,18,21)/t7-,9?,10+,13-/m1/s1. The van der Waals surface area contributed by atoms with E-state index in [4.69, 9.17) is 19.9 Å². The lowest BCUT2D eigenvalue weighted by Gasteiger charge is -2.22. The van der Waals surface area contributed by atoms with Crippen molar-refractivity contribution in [3.63, 3.8) is 0 Å². The smallest absolute Gasteiger partial charge is 0.303 e. The number of esters is 1. The quantitative estimate of drug-likeness (QED) is 0.742. The van der Waals surface area contributed by atoms with Crippen molar-refractivity contribution < 1.29 is 19.0 Å². The number of ether oxygens (including phenoxy) is 3. The minimum atomic E-state index is -0.650. The van der Waals surface area contributed by atoms with Gasteiger partial charge >= 0.3 is 5.97 Å². The zero-order valence-corrected chi connectivity index (χ0v) is 13.6. The molecule has 10 nitrogen and oxygen atoms in total. The second-order valence-electron chi connectivity index (χ2n) is 5.52. The molecule has 4 atom stereocenters. The second-order valence-corrected chi connectivity index (χ2v) is 5.52. The summed E-state index contributed by atoms with van der Waals surface area (Å²) in [5.74, 6) is -0.441. The molecule has 3 heterocycles. The second kappa shape index (κ2) is 6.21. The first kappa shape index (κ1) is 16.4. The predicted octanol–water partition coefficient (Wildman–Crippen LogP) is -0.0441. The zero-order valence-electron chi connectivity index (χ0n) is 13.6. The van der Waals surface area contributed by atoms with E-state index in [1.807, 2.05) is 6.92 Å². The molecule has 1 fully saturated rings. The van der Waals surface area contributed by atoms with E-state index < -0.39 is 30.0 Å². The van der Waals surface area contributed by atoms with Gasteiger partial charge in [-0.2, -0.15) is 4.98 Å². The van der Waals surface area contributed by atoms with Gasteiger partial charge in [0.25, 0.3) is 5.56 Å². The van der Waals surface area contributed by atoms with E-state index in [1.165, 1.54) is 20.4 Å². The van der Waals surface area contributed by atoms with E-state index in [1.54, 1.807) is 4.57 Å². The molecule has 24 heavy (non-hydrogen) atoms. The van der Waals surface area contributed by atoms with Gasteiger partial charge in [-0.1, -0.05) is 6.92 Å². The molecular formula is C14H19N5O5. The topological polar surface area (TPSA) is 134 Å². The Morgan fingerprint density at radius 3 is 2.88 bits per heavy atom. The number of methoxy groups -OCH3 is 1. The van der Waals surface area contributed by atoms with Gasteiger partial charge in [0.2, 0.25) is 5.95 Å². The highest BCUT2D eigenvalue weighted by Gasteiger charge is 2.47. The lowest BCUT2D eigenvalue weighted by Crippen LogP contribution is -2.37. The zero-order chi connectivity index (χ0) is 17.4. The van der Waals surface area contributed by atoms with Crippen molar-refractivity contribution in [1.82, 2.24) is 19.5 Å². The van der Waals surface area contributed by atoms with Crippen LogP contribution in [0.3, 0.4) is 0 Å². The van der Waals surface area contributed by atoms with Crippen LogP contribution in [-0.4, -0.2) is 50.9 Å². The Hall–Kier alpha value is -2.46. The molecule has 0 amide bonds. The number of hydrogen-bond donors (Lipinski definition) is 2. The Balaban J connectivity index is 2.05. The molecule has 10 heteroatoms. The van der Waals surface area contributed by atoms with Gasteiger partial charge in [-0.15, -0.1) is 0 Å². The third-order valence-electron chi connectivity index (χ3n) is 3.99. The van der Waals surface area contributed by atoms with Gasteiger partial charge in [-0.25, -0.2) is 4.98 Å². The van der Waals surface area contributed by atoms with E-state index >= 15 is 0 Å². The molecule has 2 aromatic heterocycles. The van der Waals surface area contributed by atoms with Crippen molar-refractivity contribution in [2.24, 2.45) is 0 Å². The van der Waals surface area contributed by atoms with Crippen molar-refractivity contribution in [1.29, 1.82) is 0 Å². The molecule has 0 aromatic carbocycles. The maximum Gasteiger partial charge on any atom is 0.303 e. The molecule has 0 radical (unpaired) electrons. The van der Waals surface area contributed by atoms with Gasteiger partial charge in [-0.05, 0) is 6.42 Å². The minimum Gasteiger partial charge on any atom is -0.457 e. The summed E-state index contributed by atoms with van der Waals surface area (Å²) in [4.78, 5) is 33.9. The number of nitrogens with zero attached hydrogens (tertiary/aromatic N) is 3. The number of nitrogens with two attached hydrogens (primary N) is 1. The lowest BCUT2D eigenvalue weighted by molar-refractivity contribution is -0.153. The number of carbonyl (C=O) groups is 1. The number of rotatable bonds is 4. The molecule has 3 N–H and O–H groups in total. The van der Waals surface area contributed by atoms with Crippen LogP contribution in [0.5, 0.6) is 0 Å². The molecule has 0 bridgehead atoms. The monoisotopic (exact) mass is 337 g/mol. The molecule has 1 saturated heterocycles. The number of nitrogens with one attached hydrogen (secondary N) is 1. The number of imidazole rings is 1. The Morgan fingerprint density at radius 2 is 2.25 bits per heavy atom. The van der Waals surface area contributed by atoms with Crippen molar-refractivity contribution in [2.45, 2.75) is 44.8 Å². The van der Waals surface area contributed by atoms with Gasteiger partial charge in [0.1, 0.15) is 6.10 Å². The normalized spacial score (nSPS) is 26.8. The van der Waals surface area contributed by atoms with Crippen LogP contribution in [0.25, 0.3) is 11.2 Å². The number of aromatic amines is 1. The van der Waals surface area contributed by atoms with Crippen molar-refractivity contribution >= 4 is 23.1 Å². The van der Waals surface area contributed by atoms with Crippen LogP contribution in [-0.2, 0) is 19.0 Å². The van der Waals surface area contributed by atoms with Gasteiger partial charge in [-0.3, -0.25) is 19.1 Å². The molecule has 3 rings (SSSR count). The van der Waals surface area contributed by atoms with Gasteiger partial charge in [0.15, 0.2) is 23.5 Å². The van der Waals surface area contributed by atoms with Crippen LogP contribution in [0.4, 0.5) is 5.95 Å². The Morgan fingerprint density at radius 1 is 1.50 bits per heavy atom. The van der Waals surface area contributed by atoms with Crippen LogP contribution in [0.15, 0.2) is 11.1 Å². The average Bonchev–Trinajstić information content (AvgIpc) is 3.07. The summed E-state index contributed by atoms with van der Waals surface area (Å²) in [6.07, 6.45) is -0.0790. The first-order valence-corrected chi connectivity index (χ1v) is 7.54. The van der Waals surface area contributed by atoms with Crippen LogP contribution < -0.4 is 11.3 Å². The van der Waals surface area contributed by atoms with Crippen LogP contribution in [0.2, 0.25) is 0 Å².